The van der Waals surface area contributed by atoms with Gasteiger partial charge < -0.3 is 10.6 Å². The van der Waals surface area contributed by atoms with E-state index in [1.807, 2.05) is 36.0 Å². The summed E-state index contributed by atoms with van der Waals surface area (Å²) < 4.78 is 0. The summed E-state index contributed by atoms with van der Waals surface area (Å²) in [6, 6.07) is 8.38. The fourth-order valence-corrected chi connectivity index (χ4v) is 2.85. The van der Waals surface area contributed by atoms with Crippen LogP contribution in [0.4, 0.5) is 0 Å². The number of carbonyl (C=O) groups is 1. The molecule has 2 rings (SSSR count). The van der Waals surface area contributed by atoms with Crippen LogP contribution >= 0.6 is 11.8 Å². The van der Waals surface area contributed by atoms with Crippen LogP contribution in [0.25, 0.3) is 0 Å². The summed E-state index contributed by atoms with van der Waals surface area (Å²) in [5.74, 6) is 2.17. The Labute approximate surface area is 119 Å². The quantitative estimate of drug-likeness (QED) is 0.839. The summed E-state index contributed by atoms with van der Waals surface area (Å²) in [6.45, 7) is 3.96. The molecule has 0 saturated carbocycles. The lowest BCUT2D eigenvalue weighted by Crippen LogP contribution is -2.37. The van der Waals surface area contributed by atoms with E-state index in [1.54, 1.807) is 0 Å². The maximum absolute atomic E-state index is 12.0. The minimum Gasteiger partial charge on any atom is -0.350 e. The maximum Gasteiger partial charge on any atom is 0.251 e. The molecule has 1 fully saturated rings. The van der Waals surface area contributed by atoms with Crippen LogP contribution in [0.2, 0.25) is 0 Å². The van der Waals surface area contributed by atoms with Gasteiger partial charge >= 0.3 is 0 Å². The summed E-state index contributed by atoms with van der Waals surface area (Å²) in [7, 11) is 0. The summed E-state index contributed by atoms with van der Waals surface area (Å²) in [5, 5.41) is 6.38. The average Bonchev–Trinajstić information content (AvgIpc) is 2.96. The Morgan fingerprint density at radius 3 is 2.84 bits per heavy atom. The van der Waals surface area contributed by atoms with Crippen LogP contribution in [0.5, 0.6) is 0 Å². The van der Waals surface area contributed by atoms with Gasteiger partial charge in [0.2, 0.25) is 0 Å². The first-order valence-electron chi connectivity index (χ1n) is 6.98. The third kappa shape index (κ3) is 4.55. The Kier molecular flexibility index (Phi) is 5.73. The van der Waals surface area contributed by atoms with Gasteiger partial charge in [-0.2, -0.15) is 11.8 Å². The Hall–Kier alpha value is -1.00. The van der Waals surface area contributed by atoms with Gasteiger partial charge in [0.1, 0.15) is 0 Å². The summed E-state index contributed by atoms with van der Waals surface area (Å²) in [5.41, 5.74) is 2.03. The number of rotatable bonds is 6. The van der Waals surface area contributed by atoms with Crippen LogP contribution in [-0.4, -0.2) is 30.8 Å². The second kappa shape index (κ2) is 7.56. The fourth-order valence-electron chi connectivity index (χ4n) is 2.22. The molecule has 1 unspecified atom stereocenters. The van der Waals surface area contributed by atoms with Gasteiger partial charge in [-0.1, -0.05) is 19.1 Å². The van der Waals surface area contributed by atoms with Gasteiger partial charge in [-0.15, -0.1) is 0 Å². The van der Waals surface area contributed by atoms with Crippen LogP contribution in [0.3, 0.4) is 0 Å². The van der Waals surface area contributed by atoms with E-state index >= 15 is 0 Å². The molecule has 0 aromatic heterocycles. The van der Waals surface area contributed by atoms with Gasteiger partial charge in [0.15, 0.2) is 0 Å². The first kappa shape index (κ1) is 14.4. The van der Waals surface area contributed by atoms with Crippen LogP contribution in [0.15, 0.2) is 24.3 Å². The van der Waals surface area contributed by atoms with Gasteiger partial charge in [0.05, 0.1) is 0 Å². The molecule has 1 aromatic carbocycles. The van der Waals surface area contributed by atoms with Gasteiger partial charge in [-0.3, -0.25) is 4.79 Å². The van der Waals surface area contributed by atoms with E-state index in [0.717, 1.165) is 36.6 Å². The second-order valence-electron chi connectivity index (χ2n) is 4.84. The Bertz CT molecular complexity index is 399. The number of benzene rings is 1. The third-order valence-corrected chi connectivity index (χ3v) is 4.31. The molecule has 0 radical (unpaired) electrons. The van der Waals surface area contributed by atoms with Crippen molar-refractivity contribution in [2.45, 2.75) is 31.6 Å². The SMILES string of the molecule is CCSCc1ccc(C(=O)NCC2CCCN2)cc1. The molecule has 1 aromatic rings. The first-order valence-corrected chi connectivity index (χ1v) is 8.13. The Morgan fingerprint density at radius 2 is 2.21 bits per heavy atom. The molecule has 0 aliphatic carbocycles. The van der Waals surface area contributed by atoms with Crippen molar-refractivity contribution in [3.8, 4) is 0 Å². The fraction of sp³-hybridized carbons (Fsp3) is 0.533. The van der Waals surface area contributed by atoms with E-state index in [4.69, 9.17) is 0 Å². The minimum absolute atomic E-state index is 0.0309. The van der Waals surface area contributed by atoms with Crippen LogP contribution in [0.1, 0.15) is 35.7 Å². The Balaban J connectivity index is 1.81. The van der Waals surface area contributed by atoms with E-state index in [9.17, 15) is 4.79 Å². The summed E-state index contributed by atoms with van der Waals surface area (Å²) >= 11 is 1.89. The van der Waals surface area contributed by atoms with E-state index in [0.29, 0.717) is 6.04 Å². The summed E-state index contributed by atoms with van der Waals surface area (Å²) in [4.78, 5) is 12.0. The van der Waals surface area contributed by atoms with Crippen molar-refractivity contribution in [3.63, 3.8) is 0 Å². The highest BCUT2D eigenvalue weighted by Gasteiger charge is 2.15. The number of amides is 1. The van der Waals surface area contributed by atoms with Gasteiger partial charge in [0, 0.05) is 23.9 Å². The number of carbonyl (C=O) groups excluding carboxylic acids is 1. The maximum atomic E-state index is 12.0. The van der Waals surface area contributed by atoms with Gasteiger partial charge in [-0.05, 0) is 42.8 Å². The van der Waals surface area contributed by atoms with E-state index in [2.05, 4.69) is 17.6 Å². The van der Waals surface area contributed by atoms with Crippen LogP contribution in [0, 0.1) is 0 Å². The zero-order chi connectivity index (χ0) is 13.5. The predicted molar refractivity (Wildman–Crippen MR) is 81.6 cm³/mol. The molecule has 104 valence electrons. The molecule has 1 amide bonds. The molecule has 1 heterocycles. The lowest BCUT2D eigenvalue weighted by Gasteiger charge is -2.11. The highest BCUT2D eigenvalue weighted by molar-refractivity contribution is 7.98. The normalized spacial score (nSPS) is 18.5. The standard InChI is InChI=1S/C15H22N2OS/c1-2-19-11-12-5-7-13(8-6-12)15(18)17-10-14-4-3-9-16-14/h5-8,14,16H,2-4,9-11H2,1H3,(H,17,18). The molecule has 19 heavy (non-hydrogen) atoms. The van der Waals surface area contributed by atoms with Crippen molar-refractivity contribution in [2.24, 2.45) is 0 Å². The zero-order valence-corrected chi connectivity index (χ0v) is 12.3. The predicted octanol–water partition coefficient (Wildman–Crippen LogP) is 2.42. The van der Waals surface area contributed by atoms with Crippen LogP contribution < -0.4 is 10.6 Å². The molecule has 0 spiro atoms. The van der Waals surface area contributed by atoms with Crippen molar-refractivity contribution < 1.29 is 4.79 Å². The second-order valence-corrected chi connectivity index (χ2v) is 6.11. The molecular formula is C15H22N2OS. The molecular weight excluding hydrogens is 256 g/mol. The zero-order valence-electron chi connectivity index (χ0n) is 11.4. The van der Waals surface area contributed by atoms with E-state index in [-0.39, 0.29) is 5.91 Å². The van der Waals surface area contributed by atoms with Crippen molar-refractivity contribution in [3.05, 3.63) is 35.4 Å². The van der Waals surface area contributed by atoms with Crippen molar-refractivity contribution in [1.82, 2.24) is 10.6 Å². The van der Waals surface area contributed by atoms with E-state index in [1.165, 1.54) is 12.0 Å². The lowest BCUT2D eigenvalue weighted by atomic mass is 10.1. The number of hydrogen-bond acceptors (Lipinski definition) is 3. The van der Waals surface area contributed by atoms with Crippen molar-refractivity contribution in [2.75, 3.05) is 18.8 Å². The molecule has 3 nitrogen and oxygen atoms in total. The topological polar surface area (TPSA) is 41.1 Å². The average molecular weight is 278 g/mol. The summed E-state index contributed by atoms with van der Waals surface area (Å²) in [6.07, 6.45) is 2.37. The highest BCUT2D eigenvalue weighted by atomic mass is 32.2. The number of hydrogen-bond donors (Lipinski definition) is 2. The third-order valence-electron chi connectivity index (χ3n) is 3.36. The molecule has 0 bridgehead atoms. The number of thioether (sulfide) groups is 1. The molecule has 2 N–H and O–H groups in total. The first-order chi connectivity index (χ1) is 9.29. The smallest absolute Gasteiger partial charge is 0.251 e. The molecule has 1 saturated heterocycles. The lowest BCUT2D eigenvalue weighted by molar-refractivity contribution is 0.0950. The highest BCUT2D eigenvalue weighted by Crippen LogP contribution is 2.12. The Morgan fingerprint density at radius 1 is 1.42 bits per heavy atom. The number of nitrogens with one attached hydrogen (secondary N) is 2. The van der Waals surface area contributed by atoms with E-state index < -0.39 is 0 Å². The minimum atomic E-state index is 0.0309. The molecule has 1 atom stereocenters. The van der Waals surface area contributed by atoms with Gasteiger partial charge in [0.25, 0.3) is 5.91 Å². The molecule has 1 aliphatic heterocycles. The van der Waals surface area contributed by atoms with Crippen molar-refractivity contribution in [1.29, 1.82) is 0 Å². The largest absolute Gasteiger partial charge is 0.350 e. The monoisotopic (exact) mass is 278 g/mol. The molecule has 4 heteroatoms. The van der Waals surface area contributed by atoms with Crippen molar-refractivity contribution >= 4 is 17.7 Å². The molecule has 1 aliphatic rings. The van der Waals surface area contributed by atoms with Gasteiger partial charge in [-0.25, -0.2) is 0 Å². The van der Waals surface area contributed by atoms with Crippen LogP contribution in [-0.2, 0) is 5.75 Å².